The molecule has 0 aliphatic heterocycles. The third-order valence-electron chi connectivity index (χ3n) is 7.70. The van der Waals surface area contributed by atoms with Crippen molar-refractivity contribution in [1.29, 1.82) is 0 Å². The molecule has 0 atom stereocenters. The summed E-state index contributed by atoms with van der Waals surface area (Å²) < 4.78 is 16.9. The fraction of sp³-hybridized carbons (Fsp3) is 0.800. The number of rotatable bonds is 36. The molecule has 0 rings (SSSR count). The van der Waals surface area contributed by atoms with Crippen molar-refractivity contribution in [3.8, 4) is 0 Å². The molecule has 0 bridgehead atoms. The second-order valence-corrected chi connectivity index (χ2v) is 12.0. The number of hydrogen-bond donors (Lipinski definition) is 0. The fourth-order valence-corrected chi connectivity index (χ4v) is 4.89. The average Bonchev–Trinajstić information content (AvgIpc) is 3.02. The first kappa shape index (κ1) is 41.8. The first-order valence-corrected chi connectivity index (χ1v) is 18.7. The Morgan fingerprint density at radius 2 is 0.488 bits per heavy atom. The highest BCUT2D eigenvalue weighted by atomic mass is 16.5. The van der Waals surface area contributed by atoms with Gasteiger partial charge in [0.15, 0.2) is 0 Å². The van der Waals surface area contributed by atoms with Gasteiger partial charge in [0.05, 0.1) is 39.6 Å². The highest BCUT2D eigenvalue weighted by Gasteiger charge is 1.93. The lowest BCUT2D eigenvalue weighted by Crippen LogP contribution is -2.10. The van der Waals surface area contributed by atoms with Crippen LogP contribution in [0.15, 0.2) is 48.6 Å². The molecule has 0 unspecified atom stereocenters. The van der Waals surface area contributed by atoms with Gasteiger partial charge in [-0.05, 0) is 77.0 Å². The highest BCUT2D eigenvalue weighted by Crippen LogP contribution is 2.11. The lowest BCUT2D eigenvalue weighted by atomic mass is 10.1. The van der Waals surface area contributed by atoms with E-state index in [-0.39, 0.29) is 0 Å². The zero-order valence-electron chi connectivity index (χ0n) is 29.1. The topological polar surface area (TPSA) is 27.7 Å². The predicted molar refractivity (Wildman–Crippen MR) is 191 cm³/mol. The van der Waals surface area contributed by atoms with Crippen molar-refractivity contribution in [2.75, 3.05) is 39.6 Å². The van der Waals surface area contributed by atoms with Crippen molar-refractivity contribution in [3.63, 3.8) is 0 Å². The van der Waals surface area contributed by atoms with Crippen molar-refractivity contribution in [2.45, 2.75) is 168 Å². The van der Waals surface area contributed by atoms with Crippen LogP contribution in [0.5, 0.6) is 0 Å². The van der Waals surface area contributed by atoms with Gasteiger partial charge in [-0.25, -0.2) is 0 Å². The largest absolute Gasteiger partial charge is 0.379 e. The molecule has 0 saturated carbocycles. The van der Waals surface area contributed by atoms with Crippen LogP contribution in [0.4, 0.5) is 0 Å². The van der Waals surface area contributed by atoms with E-state index in [9.17, 15) is 0 Å². The van der Waals surface area contributed by atoms with Crippen LogP contribution in [0.25, 0.3) is 0 Å². The van der Waals surface area contributed by atoms with Crippen LogP contribution in [0, 0.1) is 0 Å². The summed E-state index contributed by atoms with van der Waals surface area (Å²) in [6, 6.07) is 0. The van der Waals surface area contributed by atoms with E-state index in [1.165, 1.54) is 141 Å². The number of ether oxygens (including phenoxy) is 3. The molecule has 3 heteroatoms. The van der Waals surface area contributed by atoms with E-state index in [0.29, 0.717) is 26.4 Å². The molecule has 0 radical (unpaired) electrons. The zero-order chi connectivity index (χ0) is 31.0. The summed E-state index contributed by atoms with van der Waals surface area (Å²) in [6.45, 7) is 8.72. The quantitative estimate of drug-likeness (QED) is 0.0527. The minimum Gasteiger partial charge on any atom is -0.379 e. The van der Waals surface area contributed by atoms with Crippen LogP contribution in [0.3, 0.4) is 0 Å². The Hall–Kier alpha value is -1.16. The predicted octanol–water partition coefficient (Wildman–Crippen LogP) is 12.7. The molecule has 0 aliphatic rings. The Bertz CT molecular complexity index is 555. The van der Waals surface area contributed by atoms with E-state index < -0.39 is 0 Å². The Kier molecular flexibility index (Phi) is 39.7. The molecule has 43 heavy (non-hydrogen) atoms. The zero-order valence-corrected chi connectivity index (χ0v) is 29.1. The molecule has 0 fully saturated rings. The minimum absolute atomic E-state index is 0.651. The standard InChI is InChI=1S/C40H74O3/c1-3-5-7-9-11-13-15-17-19-21-23-25-27-29-31-33-35-41-37-39-43-40-38-42-36-34-32-30-28-26-24-22-20-18-16-14-12-10-8-6-4-2/h9-12,29-32H,3-8,13-28,33-40H2,1-2H3/b11-9-,12-10-,31-29+,32-30+. The number of allylic oxidation sites excluding steroid dienone is 6. The van der Waals surface area contributed by atoms with Gasteiger partial charge >= 0.3 is 0 Å². The Balaban J connectivity index is 3.17. The SMILES string of the molecule is CCCC/C=C\CCCCCCCC/C=C/CCOCCOCCOCC/C=C/CCCCCCCC/C=C\CCCC. The maximum atomic E-state index is 5.66. The average molecular weight is 603 g/mol. The molecule has 0 saturated heterocycles. The normalized spacial score (nSPS) is 12.3. The molecule has 0 N–H and O–H groups in total. The first-order chi connectivity index (χ1) is 21.4. The number of unbranched alkanes of at least 4 members (excludes halogenated alkanes) is 18. The second kappa shape index (κ2) is 40.8. The van der Waals surface area contributed by atoms with Crippen LogP contribution in [-0.4, -0.2) is 39.6 Å². The molecule has 0 aromatic carbocycles. The van der Waals surface area contributed by atoms with E-state index in [4.69, 9.17) is 14.2 Å². The van der Waals surface area contributed by atoms with E-state index in [0.717, 1.165) is 26.1 Å². The third-order valence-corrected chi connectivity index (χ3v) is 7.70. The molecule has 0 aromatic heterocycles. The van der Waals surface area contributed by atoms with E-state index in [2.05, 4.69) is 62.5 Å². The first-order valence-electron chi connectivity index (χ1n) is 18.7. The molecule has 252 valence electrons. The Morgan fingerprint density at radius 3 is 0.791 bits per heavy atom. The summed E-state index contributed by atoms with van der Waals surface area (Å²) in [5.41, 5.74) is 0. The van der Waals surface area contributed by atoms with Crippen molar-refractivity contribution in [2.24, 2.45) is 0 Å². The molecule has 3 nitrogen and oxygen atoms in total. The van der Waals surface area contributed by atoms with Gasteiger partial charge in [0.1, 0.15) is 0 Å². The van der Waals surface area contributed by atoms with Gasteiger partial charge in [0, 0.05) is 0 Å². The van der Waals surface area contributed by atoms with Gasteiger partial charge in [-0.1, -0.05) is 140 Å². The van der Waals surface area contributed by atoms with Gasteiger partial charge in [-0.3, -0.25) is 0 Å². The van der Waals surface area contributed by atoms with Crippen molar-refractivity contribution >= 4 is 0 Å². The maximum Gasteiger partial charge on any atom is 0.0701 e. The molecular formula is C40H74O3. The monoisotopic (exact) mass is 603 g/mol. The van der Waals surface area contributed by atoms with Gasteiger partial charge in [-0.2, -0.15) is 0 Å². The van der Waals surface area contributed by atoms with Gasteiger partial charge in [0.2, 0.25) is 0 Å². The molecular weight excluding hydrogens is 528 g/mol. The summed E-state index contributed by atoms with van der Waals surface area (Å²) in [5.74, 6) is 0. The highest BCUT2D eigenvalue weighted by molar-refractivity contribution is 4.83. The van der Waals surface area contributed by atoms with Crippen LogP contribution in [0.2, 0.25) is 0 Å². The fourth-order valence-electron chi connectivity index (χ4n) is 4.89. The van der Waals surface area contributed by atoms with Crippen molar-refractivity contribution in [1.82, 2.24) is 0 Å². The van der Waals surface area contributed by atoms with Gasteiger partial charge in [0.25, 0.3) is 0 Å². The lowest BCUT2D eigenvalue weighted by Gasteiger charge is -2.05. The summed E-state index contributed by atoms with van der Waals surface area (Å²) in [5, 5.41) is 0. The second-order valence-electron chi connectivity index (χ2n) is 12.0. The van der Waals surface area contributed by atoms with E-state index in [1.54, 1.807) is 0 Å². The van der Waals surface area contributed by atoms with E-state index >= 15 is 0 Å². The van der Waals surface area contributed by atoms with Gasteiger partial charge < -0.3 is 14.2 Å². The summed E-state index contributed by atoms with van der Waals surface area (Å²) in [4.78, 5) is 0. The summed E-state index contributed by atoms with van der Waals surface area (Å²) in [7, 11) is 0. The maximum absolute atomic E-state index is 5.66. The van der Waals surface area contributed by atoms with Crippen molar-refractivity contribution < 1.29 is 14.2 Å². The van der Waals surface area contributed by atoms with Crippen molar-refractivity contribution in [3.05, 3.63) is 48.6 Å². The Labute approximate surface area is 270 Å². The van der Waals surface area contributed by atoms with Gasteiger partial charge in [-0.15, -0.1) is 0 Å². The smallest absolute Gasteiger partial charge is 0.0701 e. The summed E-state index contributed by atoms with van der Waals surface area (Å²) in [6.07, 6.45) is 49.8. The molecule has 0 amide bonds. The van der Waals surface area contributed by atoms with Crippen LogP contribution >= 0.6 is 0 Å². The molecule has 0 heterocycles. The van der Waals surface area contributed by atoms with Crippen LogP contribution in [0.1, 0.15) is 168 Å². The molecule has 0 aliphatic carbocycles. The van der Waals surface area contributed by atoms with Crippen LogP contribution < -0.4 is 0 Å². The molecule has 0 aromatic rings. The van der Waals surface area contributed by atoms with E-state index in [1.807, 2.05) is 0 Å². The minimum atomic E-state index is 0.651. The third kappa shape index (κ3) is 40.8. The lowest BCUT2D eigenvalue weighted by molar-refractivity contribution is 0.0162. The number of hydrogen-bond acceptors (Lipinski definition) is 3. The summed E-state index contributed by atoms with van der Waals surface area (Å²) >= 11 is 0. The molecule has 0 spiro atoms. The van der Waals surface area contributed by atoms with Crippen LogP contribution in [-0.2, 0) is 14.2 Å². The Morgan fingerprint density at radius 1 is 0.256 bits per heavy atom.